The Morgan fingerprint density at radius 3 is 2.54 bits per heavy atom. The number of aromatic nitrogens is 5. The molecule has 0 saturated heterocycles. The molecule has 134 valence electrons. The zero-order valence-corrected chi connectivity index (χ0v) is 13.0. The minimum atomic E-state index is -2.97. The fourth-order valence-electron chi connectivity index (χ4n) is 2.18. The van der Waals surface area contributed by atoms with Crippen LogP contribution < -0.4 is 5.32 Å². The van der Waals surface area contributed by atoms with Crippen molar-refractivity contribution in [2.24, 2.45) is 0 Å². The quantitative estimate of drug-likeness (QED) is 0.721. The molecule has 0 aliphatic heterocycles. The maximum atomic E-state index is 13.1. The van der Waals surface area contributed by atoms with E-state index in [1.54, 1.807) is 12.1 Å². The van der Waals surface area contributed by atoms with Crippen LogP contribution in [0.1, 0.15) is 12.1 Å². The topological polar surface area (TPSA) is 106 Å². The first kappa shape index (κ1) is 17.3. The van der Waals surface area contributed by atoms with E-state index in [2.05, 4.69) is 25.7 Å². The number of nitrogens with one attached hydrogen (secondary N) is 1. The average Bonchev–Trinajstić information content (AvgIpc) is 3.11. The second kappa shape index (κ2) is 7.17. The highest BCUT2D eigenvalue weighted by Gasteiger charge is 2.18. The van der Waals surface area contributed by atoms with E-state index in [-0.39, 0.29) is 22.9 Å². The van der Waals surface area contributed by atoms with Gasteiger partial charge >= 0.3 is 12.6 Å². The highest BCUT2D eigenvalue weighted by atomic mass is 19.3. The summed E-state index contributed by atoms with van der Waals surface area (Å²) in [6, 6.07) is 8.65. The summed E-state index contributed by atoms with van der Waals surface area (Å²) in [5, 5.41) is 21.3. The van der Waals surface area contributed by atoms with Crippen molar-refractivity contribution in [2.75, 3.05) is 0 Å². The fourth-order valence-corrected chi connectivity index (χ4v) is 2.18. The van der Waals surface area contributed by atoms with Gasteiger partial charge in [0, 0.05) is 17.7 Å². The Morgan fingerprint density at radius 1 is 1.19 bits per heavy atom. The highest BCUT2D eigenvalue weighted by molar-refractivity contribution is 5.67. The van der Waals surface area contributed by atoms with Gasteiger partial charge in [0.25, 0.3) is 0 Å². The maximum Gasteiger partial charge on any atom is 0.404 e. The van der Waals surface area contributed by atoms with Crippen LogP contribution in [0, 0.1) is 5.82 Å². The number of nitrogens with zero attached hydrogens (tertiary/aromatic N) is 5. The molecule has 8 nitrogen and oxygen atoms in total. The average molecular weight is 364 g/mol. The lowest BCUT2D eigenvalue weighted by Gasteiger charge is -2.09. The Kier molecular flexibility index (Phi) is 4.78. The molecule has 0 saturated carbocycles. The number of tetrazole rings is 1. The fraction of sp³-hybridized carbons (Fsp3) is 0.133. The van der Waals surface area contributed by atoms with Crippen molar-refractivity contribution in [3.05, 3.63) is 47.8 Å². The largest absolute Gasteiger partial charge is 0.465 e. The van der Waals surface area contributed by atoms with Gasteiger partial charge in [-0.15, -0.1) is 10.2 Å². The summed E-state index contributed by atoms with van der Waals surface area (Å²) < 4.78 is 38.4. The van der Waals surface area contributed by atoms with E-state index in [9.17, 15) is 18.0 Å². The van der Waals surface area contributed by atoms with Gasteiger partial charge in [0.1, 0.15) is 11.5 Å². The van der Waals surface area contributed by atoms with Gasteiger partial charge in [-0.2, -0.15) is 8.78 Å². The Hall–Kier alpha value is -3.50. The van der Waals surface area contributed by atoms with E-state index >= 15 is 0 Å². The van der Waals surface area contributed by atoms with Gasteiger partial charge in [-0.1, -0.05) is 10.9 Å². The van der Waals surface area contributed by atoms with E-state index in [1.807, 2.05) is 0 Å². The van der Waals surface area contributed by atoms with Crippen molar-refractivity contribution < 1.29 is 23.1 Å². The number of pyridine rings is 1. The molecule has 2 N–H and O–H groups in total. The predicted octanol–water partition coefficient (Wildman–Crippen LogP) is 2.70. The first-order valence-electron chi connectivity index (χ1n) is 7.24. The summed E-state index contributed by atoms with van der Waals surface area (Å²) in [6.45, 7) is -3.11. The van der Waals surface area contributed by atoms with Gasteiger partial charge in [0.15, 0.2) is 0 Å². The zero-order chi connectivity index (χ0) is 18.7. The van der Waals surface area contributed by atoms with Gasteiger partial charge < -0.3 is 10.4 Å². The monoisotopic (exact) mass is 364 g/mol. The molecule has 0 aliphatic rings. The van der Waals surface area contributed by atoms with Crippen molar-refractivity contribution in [2.45, 2.75) is 13.1 Å². The number of carbonyl (C=O) groups is 1. The van der Waals surface area contributed by atoms with Gasteiger partial charge in [-0.25, -0.2) is 14.2 Å². The number of hydrogen-bond donors (Lipinski definition) is 2. The first-order chi connectivity index (χ1) is 12.4. The highest BCUT2D eigenvalue weighted by Crippen LogP contribution is 2.24. The summed E-state index contributed by atoms with van der Waals surface area (Å²) in [5.41, 5.74) is 1.44. The lowest BCUT2D eigenvalue weighted by atomic mass is 10.1. The van der Waals surface area contributed by atoms with Crippen LogP contribution in [0.15, 0.2) is 36.4 Å². The normalized spacial score (nSPS) is 10.9. The number of carboxylic acid groups (broad SMARTS) is 1. The number of alkyl halides is 2. The number of rotatable bonds is 5. The van der Waals surface area contributed by atoms with Gasteiger partial charge in [0.05, 0.1) is 5.69 Å². The lowest BCUT2D eigenvalue weighted by Crippen LogP contribution is -2.20. The minimum absolute atomic E-state index is 0.0903. The van der Waals surface area contributed by atoms with Crippen LogP contribution in [0.4, 0.5) is 18.0 Å². The van der Waals surface area contributed by atoms with Crippen molar-refractivity contribution in [1.29, 1.82) is 0 Å². The molecule has 0 unspecified atom stereocenters. The summed E-state index contributed by atoms with van der Waals surface area (Å²) in [4.78, 5) is 15.2. The zero-order valence-electron chi connectivity index (χ0n) is 13.0. The molecule has 1 aromatic carbocycles. The molecule has 2 aromatic heterocycles. The third-order valence-electron chi connectivity index (χ3n) is 3.36. The second-order valence-corrected chi connectivity index (χ2v) is 5.08. The summed E-state index contributed by atoms with van der Waals surface area (Å²) in [5.74, 6) is -0.603. The molecule has 0 fully saturated rings. The summed E-state index contributed by atoms with van der Waals surface area (Å²) >= 11 is 0. The molecular formula is C15H11F3N6O2. The van der Waals surface area contributed by atoms with Crippen LogP contribution in [-0.2, 0) is 6.54 Å². The third kappa shape index (κ3) is 3.77. The van der Waals surface area contributed by atoms with Crippen LogP contribution in [-0.4, -0.2) is 36.4 Å². The molecule has 11 heteroatoms. The van der Waals surface area contributed by atoms with E-state index in [1.165, 1.54) is 24.3 Å². The molecule has 0 atom stereocenters. The predicted molar refractivity (Wildman–Crippen MR) is 82.6 cm³/mol. The first-order valence-corrected chi connectivity index (χ1v) is 7.24. The number of halogens is 3. The van der Waals surface area contributed by atoms with Crippen LogP contribution in [0.25, 0.3) is 22.8 Å². The molecule has 0 spiro atoms. The SMILES string of the molecule is O=C(O)NCc1ccc(-c2ccc(F)cc2)nc1-c1nnn(C(F)F)n1. The number of hydrogen-bond acceptors (Lipinski definition) is 5. The second-order valence-electron chi connectivity index (χ2n) is 5.08. The van der Waals surface area contributed by atoms with Crippen molar-refractivity contribution in [3.8, 4) is 22.8 Å². The van der Waals surface area contributed by atoms with Gasteiger partial charge in [-0.3, -0.25) is 0 Å². The van der Waals surface area contributed by atoms with Crippen LogP contribution >= 0.6 is 0 Å². The van der Waals surface area contributed by atoms with Crippen LogP contribution in [0.5, 0.6) is 0 Å². The Labute approximate surface area is 144 Å². The number of amides is 1. The van der Waals surface area contributed by atoms with Crippen LogP contribution in [0.3, 0.4) is 0 Å². The molecule has 0 radical (unpaired) electrons. The molecule has 2 heterocycles. The molecule has 3 rings (SSSR count). The van der Waals surface area contributed by atoms with Crippen molar-refractivity contribution >= 4 is 6.09 Å². The Morgan fingerprint density at radius 2 is 1.92 bits per heavy atom. The summed E-state index contributed by atoms with van der Waals surface area (Å²) in [7, 11) is 0. The lowest BCUT2D eigenvalue weighted by molar-refractivity contribution is 0.0397. The number of benzene rings is 1. The Bertz CT molecular complexity index is 929. The van der Waals surface area contributed by atoms with Crippen molar-refractivity contribution in [1.82, 2.24) is 30.5 Å². The standard InChI is InChI=1S/C15H11F3N6O2/c16-10-4-1-8(2-5-10)11-6-3-9(7-19-15(25)26)12(20-11)13-21-23-24(22-13)14(17)18/h1-6,14,19H,7H2,(H,25,26). The van der Waals surface area contributed by atoms with E-state index in [0.29, 0.717) is 16.8 Å². The molecule has 0 bridgehead atoms. The molecular weight excluding hydrogens is 353 g/mol. The van der Waals surface area contributed by atoms with Crippen molar-refractivity contribution in [3.63, 3.8) is 0 Å². The van der Waals surface area contributed by atoms with Crippen LogP contribution in [0.2, 0.25) is 0 Å². The summed E-state index contributed by atoms with van der Waals surface area (Å²) in [6.07, 6.45) is -1.26. The van der Waals surface area contributed by atoms with E-state index < -0.39 is 18.5 Å². The molecule has 0 aliphatic carbocycles. The van der Waals surface area contributed by atoms with Gasteiger partial charge in [0.2, 0.25) is 5.82 Å². The van der Waals surface area contributed by atoms with E-state index in [4.69, 9.17) is 5.11 Å². The molecule has 3 aromatic rings. The third-order valence-corrected chi connectivity index (χ3v) is 3.36. The van der Waals surface area contributed by atoms with Gasteiger partial charge in [-0.05, 0) is 35.5 Å². The maximum absolute atomic E-state index is 13.1. The molecule has 1 amide bonds. The Balaban J connectivity index is 2.04. The molecule has 26 heavy (non-hydrogen) atoms. The smallest absolute Gasteiger partial charge is 0.404 e. The minimum Gasteiger partial charge on any atom is -0.465 e. The van der Waals surface area contributed by atoms with E-state index in [0.717, 1.165) is 0 Å².